The predicted molar refractivity (Wildman–Crippen MR) is 97.5 cm³/mol. The van der Waals surface area contributed by atoms with E-state index in [1.807, 2.05) is 0 Å². The maximum Gasteiger partial charge on any atom is 0.257 e. The molecule has 2 aromatic rings. The number of hydrogen-bond donors (Lipinski definition) is 0. The van der Waals surface area contributed by atoms with Crippen LogP contribution < -0.4 is 0 Å². The average Bonchev–Trinajstić information content (AvgIpc) is 2.65. The van der Waals surface area contributed by atoms with Gasteiger partial charge in [0.05, 0.1) is 10.6 Å². The second kappa shape index (κ2) is 7.71. The molecule has 1 fully saturated rings. The van der Waals surface area contributed by atoms with Crippen LogP contribution in [-0.2, 0) is 10.0 Å². The molecule has 144 valence electrons. The Morgan fingerprint density at radius 1 is 1.00 bits per heavy atom. The number of piperazine rings is 1. The van der Waals surface area contributed by atoms with Crippen LogP contribution >= 0.6 is 23.2 Å². The highest BCUT2D eigenvalue weighted by Gasteiger charge is 2.32. The van der Waals surface area contributed by atoms with E-state index in [-0.39, 0.29) is 46.7 Å². The fraction of sp³-hybridized carbons (Fsp3) is 0.235. The molecule has 0 unspecified atom stereocenters. The number of nitrogens with zero attached hydrogens (tertiary/aromatic N) is 2. The van der Waals surface area contributed by atoms with Crippen molar-refractivity contribution in [3.63, 3.8) is 0 Å². The Kier molecular flexibility index (Phi) is 5.71. The minimum atomic E-state index is -3.90. The Morgan fingerprint density at radius 3 is 2.33 bits per heavy atom. The van der Waals surface area contributed by atoms with Gasteiger partial charge >= 0.3 is 0 Å². The number of sulfonamides is 1. The van der Waals surface area contributed by atoms with Crippen LogP contribution in [0.1, 0.15) is 10.4 Å². The van der Waals surface area contributed by atoms with Gasteiger partial charge in [-0.25, -0.2) is 17.2 Å². The molecule has 0 aromatic heterocycles. The molecule has 1 amide bonds. The van der Waals surface area contributed by atoms with Crippen molar-refractivity contribution in [1.82, 2.24) is 9.21 Å². The summed E-state index contributed by atoms with van der Waals surface area (Å²) in [5.74, 6) is -3.02. The number of carbonyl (C=O) groups excluding carboxylic acids is 1. The summed E-state index contributed by atoms with van der Waals surface area (Å²) in [7, 11) is -3.90. The lowest BCUT2D eigenvalue weighted by atomic mass is 10.1. The summed E-state index contributed by atoms with van der Waals surface area (Å²) >= 11 is 11.8. The third-order valence-electron chi connectivity index (χ3n) is 4.22. The van der Waals surface area contributed by atoms with Gasteiger partial charge in [0.25, 0.3) is 5.91 Å². The molecule has 5 nitrogen and oxygen atoms in total. The maximum absolute atomic E-state index is 13.8. The minimum Gasteiger partial charge on any atom is -0.336 e. The van der Waals surface area contributed by atoms with E-state index in [1.54, 1.807) is 0 Å². The summed E-state index contributed by atoms with van der Waals surface area (Å²) in [5, 5.41) is 0.271. The van der Waals surface area contributed by atoms with E-state index >= 15 is 0 Å². The monoisotopic (exact) mass is 434 g/mol. The fourth-order valence-electron chi connectivity index (χ4n) is 2.78. The van der Waals surface area contributed by atoms with Gasteiger partial charge in [-0.05, 0) is 30.3 Å². The lowest BCUT2D eigenvalue weighted by Crippen LogP contribution is -2.50. The van der Waals surface area contributed by atoms with Crippen molar-refractivity contribution in [1.29, 1.82) is 0 Å². The summed E-state index contributed by atoms with van der Waals surface area (Å²) in [6.07, 6.45) is 0. The van der Waals surface area contributed by atoms with Crippen LogP contribution in [0, 0.1) is 11.6 Å². The number of hydrogen-bond acceptors (Lipinski definition) is 3. The molecule has 2 aromatic carbocycles. The molecule has 3 rings (SSSR count). The van der Waals surface area contributed by atoms with Crippen molar-refractivity contribution in [2.45, 2.75) is 4.90 Å². The number of carbonyl (C=O) groups is 1. The van der Waals surface area contributed by atoms with Crippen molar-refractivity contribution in [2.75, 3.05) is 26.2 Å². The van der Waals surface area contributed by atoms with Crippen LogP contribution in [0.3, 0.4) is 0 Å². The molecule has 10 heteroatoms. The van der Waals surface area contributed by atoms with Gasteiger partial charge in [-0.2, -0.15) is 4.31 Å². The lowest BCUT2D eigenvalue weighted by molar-refractivity contribution is 0.0692. The number of amides is 1. The standard InChI is InChI=1S/C17H14Cl2F2N2O3S/c18-11-4-5-13(19)15(10-11)27(25,26)23-8-6-22(7-9-23)17(24)12-2-1-3-14(20)16(12)21/h1-5,10H,6-9H2. The Balaban J connectivity index is 1.76. The first kappa shape index (κ1) is 20.0. The zero-order chi connectivity index (χ0) is 19.8. The van der Waals surface area contributed by atoms with Crippen molar-refractivity contribution in [3.05, 3.63) is 63.6 Å². The molecule has 0 bridgehead atoms. The van der Waals surface area contributed by atoms with Gasteiger partial charge in [-0.3, -0.25) is 4.79 Å². The van der Waals surface area contributed by atoms with Crippen LogP contribution in [0.4, 0.5) is 8.78 Å². The number of halogens is 4. The van der Waals surface area contributed by atoms with Crippen LogP contribution in [0.2, 0.25) is 10.0 Å². The van der Waals surface area contributed by atoms with E-state index < -0.39 is 27.6 Å². The van der Waals surface area contributed by atoms with E-state index in [1.165, 1.54) is 39.5 Å². The Bertz CT molecular complexity index is 994. The maximum atomic E-state index is 13.8. The molecular formula is C17H14Cl2F2N2O3S. The average molecular weight is 435 g/mol. The topological polar surface area (TPSA) is 57.7 Å². The summed E-state index contributed by atoms with van der Waals surface area (Å²) in [6.45, 7) is 0.0557. The van der Waals surface area contributed by atoms with E-state index in [2.05, 4.69) is 0 Å². The third kappa shape index (κ3) is 3.94. The normalized spacial score (nSPS) is 15.8. The summed E-state index contributed by atoms with van der Waals surface area (Å²) in [5.41, 5.74) is -0.385. The highest BCUT2D eigenvalue weighted by molar-refractivity contribution is 7.89. The highest BCUT2D eigenvalue weighted by atomic mass is 35.5. The zero-order valence-electron chi connectivity index (χ0n) is 13.8. The van der Waals surface area contributed by atoms with Gasteiger partial charge < -0.3 is 4.90 Å². The van der Waals surface area contributed by atoms with Crippen LogP contribution in [0.15, 0.2) is 41.3 Å². The molecule has 0 N–H and O–H groups in total. The Labute approximate surface area is 165 Å². The lowest BCUT2D eigenvalue weighted by Gasteiger charge is -2.34. The summed E-state index contributed by atoms with van der Waals surface area (Å²) in [6, 6.07) is 7.49. The summed E-state index contributed by atoms with van der Waals surface area (Å²) < 4.78 is 53.9. The van der Waals surface area contributed by atoms with Crippen LogP contribution in [0.5, 0.6) is 0 Å². The van der Waals surface area contributed by atoms with E-state index in [4.69, 9.17) is 23.2 Å². The molecule has 1 saturated heterocycles. The number of rotatable bonds is 3. The molecule has 0 aliphatic carbocycles. The zero-order valence-corrected chi connectivity index (χ0v) is 16.2. The Morgan fingerprint density at radius 2 is 1.67 bits per heavy atom. The molecule has 1 aliphatic heterocycles. The van der Waals surface area contributed by atoms with Crippen molar-refractivity contribution >= 4 is 39.1 Å². The largest absolute Gasteiger partial charge is 0.336 e. The molecule has 0 atom stereocenters. The quantitative estimate of drug-likeness (QED) is 0.743. The smallest absolute Gasteiger partial charge is 0.257 e. The third-order valence-corrected chi connectivity index (χ3v) is 6.83. The van der Waals surface area contributed by atoms with E-state index in [0.717, 1.165) is 6.07 Å². The second-order valence-electron chi connectivity index (χ2n) is 5.87. The molecule has 1 heterocycles. The van der Waals surface area contributed by atoms with Crippen LogP contribution in [0.25, 0.3) is 0 Å². The minimum absolute atomic E-state index is 0.00610. The predicted octanol–water partition coefficient (Wildman–Crippen LogP) is 3.42. The molecular weight excluding hydrogens is 421 g/mol. The van der Waals surface area contributed by atoms with Gasteiger partial charge in [0.2, 0.25) is 10.0 Å². The molecule has 27 heavy (non-hydrogen) atoms. The van der Waals surface area contributed by atoms with Gasteiger partial charge in [0.15, 0.2) is 11.6 Å². The van der Waals surface area contributed by atoms with Gasteiger partial charge in [-0.1, -0.05) is 29.3 Å². The molecule has 0 spiro atoms. The fourth-order valence-corrected chi connectivity index (χ4v) is 4.94. The van der Waals surface area contributed by atoms with Crippen LogP contribution in [-0.4, -0.2) is 49.7 Å². The highest BCUT2D eigenvalue weighted by Crippen LogP contribution is 2.28. The summed E-state index contributed by atoms with van der Waals surface area (Å²) in [4.78, 5) is 13.6. The van der Waals surface area contributed by atoms with E-state index in [0.29, 0.717) is 0 Å². The first-order chi connectivity index (χ1) is 12.7. The van der Waals surface area contributed by atoms with Crippen molar-refractivity contribution in [2.24, 2.45) is 0 Å². The van der Waals surface area contributed by atoms with Gasteiger partial charge in [0, 0.05) is 31.2 Å². The van der Waals surface area contributed by atoms with Gasteiger partial charge in [0.1, 0.15) is 4.90 Å². The van der Waals surface area contributed by atoms with Crippen molar-refractivity contribution < 1.29 is 22.0 Å². The first-order valence-electron chi connectivity index (χ1n) is 7.90. The molecule has 0 saturated carbocycles. The first-order valence-corrected chi connectivity index (χ1v) is 10.1. The van der Waals surface area contributed by atoms with Crippen molar-refractivity contribution in [3.8, 4) is 0 Å². The van der Waals surface area contributed by atoms with E-state index in [9.17, 15) is 22.0 Å². The Hall–Kier alpha value is -1.74. The molecule has 1 aliphatic rings. The second-order valence-corrected chi connectivity index (χ2v) is 8.62. The molecule has 0 radical (unpaired) electrons. The number of benzene rings is 2. The van der Waals surface area contributed by atoms with Gasteiger partial charge in [-0.15, -0.1) is 0 Å². The SMILES string of the molecule is O=C(c1cccc(F)c1F)N1CCN(S(=O)(=O)c2cc(Cl)ccc2Cl)CC1.